The fourth-order valence-corrected chi connectivity index (χ4v) is 4.07. The molecule has 0 spiro atoms. The Morgan fingerprint density at radius 1 is 1.34 bits per heavy atom. The highest BCUT2D eigenvalue weighted by atomic mass is 35.5. The average Bonchev–Trinajstić information content (AvgIpc) is 3.22. The van der Waals surface area contributed by atoms with Crippen LogP contribution in [0.2, 0.25) is 5.15 Å². The first-order valence-electron chi connectivity index (χ1n) is 9.44. The second kappa shape index (κ2) is 7.27. The van der Waals surface area contributed by atoms with Gasteiger partial charge in [0.1, 0.15) is 5.52 Å². The number of imidazole rings is 1. The molecule has 29 heavy (non-hydrogen) atoms. The number of nitrogens with two attached hydrogens (primary N) is 1. The van der Waals surface area contributed by atoms with Gasteiger partial charge < -0.3 is 15.2 Å². The van der Waals surface area contributed by atoms with E-state index in [9.17, 15) is 4.79 Å². The third-order valence-electron chi connectivity index (χ3n) is 5.63. The molecule has 2 N–H and O–H groups in total. The minimum absolute atomic E-state index is 0.0327. The van der Waals surface area contributed by atoms with Crippen LogP contribution in [0.15, 0.2) is 36.7 Å². The van der Waals surface area contributed by atoms with Crippen molar-refractivity contribution >= 4 is 34.7 Å². The van der Waals surface area contributed by atoms with E-state index in [-0.39, 0.29) is 23.1 Å². The number of hydrogen-bond acceptors (Lipinski definition) is 7. The van der Waals surface area contributed by atoms with Gasteiger partial charge in [-0.05, 0) is 25.5 Å². The Bertz CT molecular complexity index is 1060. The number of hydrogen-bond donors (Lipinski definition) is 1. The van der Waals surface area contributed by atoms with Gasteiger partial charge in [-0.15, -0.1) is 0 Å². The molecule has 4 rings (SSSR count). The maximum absolute atomic E-state index is 12.9. The van der Waals surface area contributed by atoms with Gasteiger partial charge in [-0.25, -0.2) is 9.78 Å². The highest BCUT2D eigenvalue weighted by molar-refractivity contribution is 6.33. The van der Waals surface area contributed by atoms with E-state index < -0.39 is 17.8 Å². The van der Waals surface area contributed by atoms with E-state index in [0.29, 0.717) is 16.7 Å². The zero-order valence-electron chi connectivity index (χ0n) is 16.4. The molecule has 9 heteroatoms. The number of aromatic nitrogens is 4. The van der Waals surface area contributed by atoms with Crippen LogP contribution in [0, 0.1) is 5.92 Å². The van der Waals surface area contributed by atoms with Crippen LogP contribution in [0.3, 0.4) is 0 Å². The van der Waals surface area contributed by atoms with E-state index in [4.69, 9.17) is 26.8 Å². The van der Waals surface area contributed by atoms with E-state index in [1.807, 2.05) is 26.8 Å². The largest absolute Gasteiger partial charge is 0.451 e. The molecule has 8 nitrogen and oxygen atoms in total. The highest BCUT2D eigenvalue weighted by Crippen LogP contribution is 2.47. The van der Waals surface area contributed by atoms with Gasteiger partial charge in [-0.1, -0.05) is 43.6 Å². The number of anilines is 1. The van der Waals surface area contributed by atoms with Crippen molar-refractivity contribution in [1.82, 2.24) is 19.5 Å². The van der Waals surface area contributed by atoms with E-state index in [2.05, 4.69) is 15.0 Å². The lowest BCUT2D eigenvalue weighted by atomic mass is 9.86. The standard InChI is InChI=1S/C20H22ClN5O3/c1-4-13-11(2)20(3,29-17(27)12-8-6-5-7-9-12)18(28-13)26-10-23-14-15(21)24-19(22)25-16(14)26/h5-11,13,18H,4H2,1-3H3,(H2,22,24,25). The van der Waals surface area contributed by atoms with Crippen LogP contribution in [0.5, 0.6) is 0 Å². The van der Waals surface area contributed by atoms with Gasteiger partial charge in [-0.2, -0.15) is 9.97 Å². The first kappa shape index (κ1) is 19.6. The highest BCUT2D eigenvalue weighted by Gasteiger charge is 2.55. The molecule has 0 radical (unpaired) electrons. The third-order valence-corrected chi connectivity index (χ3v) is 5.89. The van der Waals surface area contributed by atoms with Crippen molar-refractivity contribution in [1.29, 1.82) is 0 Å². The third kappa shape index (κ3) is 3.22. The van der Waals surface area contributed by atoms with Crippen molar-refractivity contribution in [3.63, 3.8) is 0 Å². The lowest BCUT2D eigenvalue weighted by Crippen LogP contribution is -2.43. The predicted octanol–water partition coefficient (Wildman–Crippen LogP) is 3.62. The molecule has 0 saturated carbocycles. The van der Waals surface area contributed by atoms with Crippen molar-refractivity contribution in [3.8, 4) is 0 Å². The minimum Gasteiger partial charge on any atom is -0.451 e. The van der Waals surface area contributed by atoms with Gasteiger partial charge in [0.15, 0.2) is 22.6 Å². The Morgan fingerprint density at radius 2 is 2.07 bits per heavy atom. The zero-order chi connectivity index (χ0) is 20.8. The number of rotatable bonds is 4. The molecular weight excluding hydrogens is 394 g/mol. The average molecular weight is 416 g/mol. The van der Waals surface area contributed by atoms with Crippen LogP contribution in [0.25, 0.3) is 11.2 Å². The van der Waals surface area contributed by atoms with Crippen LogP contribution < -0.4 is 5.73 Å². The molecule has 4 unspecified atom stereocenters. The number of halogens is 1. The number of ether oxygens (including phenoxy) is 2. The van der Waals surface area contributed by atoms with E-state index in [1.54, 1.807) is 35.2 Å². The van der Waals surface area contributed by atoms with Crippen molar-refractivity contribution < 1.29 is 14.3 Å². The second-order valence-corrected chi connectivity index (χ2v) is 7.72. The molecule has 1 aliphatic heterocycles. The second-order valence-electron chi connectivity index (χ2n) is 7.36. The molecule has 0 aliphatic carbocycles. The van der Waals surface area contributed by atoms with Crippen molar-refractivity contribution in [3.05, 3.63) is 47.4 Å². The molecule has 1 saturated heterocycles. The van der Waals surface area contributed by atoms with E-state index in [1.165, 1.54) is 0 Å². The van der Waals surface area contributed by atoms with Gasteiger partial charge >= 0.3 is 5.97 Å². The lowest BCUT2D eigenvalue weighted by Gasteiger charge is -2.33. The first-order chi connectivity index (χ1) is 13.8. The zero-order valence-corrected chi connectivity index (χ0v) is 17.1. The monoisotopic (exact) mass is 415 g/mol. The molecule has 0 bridgehead atoms. The van der Waals surface area contributed by atoms with Crippen molar-refractivity contribution in [2.24, 2.45) is 5.92 Å². The molecule has 4 atom stereocenters. The summed E-state index contributed by atoms with van der Waals surface area (Å²) >= 11 is 6.17. The van der Waals surface area contributed by atoms with E-state index in [0.717, 1.165) is 6.42 Å². The Hall–Kier alpha value is -2.71. The number of carbonyl (C=O) groups excluding carboxylic acids is 1. The predicted molar refractivity (Wildman–Crippen MR) is 108 cm³/mol. The molecule has 3 heterocycles. The molecule has 1 aliphatic rings. The van der Waals surface area contributed by atoms with Gasteiger partial charge in [0.25, 0.3) is 0 Å². The summed E-state index contributed by atoms with van der Waals surface area (Å²) in [5.74, 6) is -0.454. The summed E-state index contributed by atoms with van der Waals surface area (Å²) < 4.78 is 14.1. The summed E-state index contributed by atoms with van der Waals surface area (Å²) in [4.78, 5) is 25.4. The Morgan fingerprint density at radius 3 is 2.76 bits per heavy atom. The smallest absolute Gasteiger partial charge is 0.338 e. The first-order valence-corrected chi connectivity index (χ1v) is 9.82. The maximum atomic E-state index is 12.9. The summed E-state index contributed by atoms with van der Waals surface area (Å²) in [6, 6.07) is 8.88. The summed E-state index contributed by atoms with van der Waals surface area (Å²) in [6.07, 6.45) is 1.57. The molecule has 152 valence electrons. The van der Waals surface area contributed by atoms with Crippen LogP contribution in [0.1, 0.15) is 43.8 Å². The SMILES string of the molecule is CCC1OC(n2cnc3c(Cl)nc(N)nc32)C(C)(OC(=O)c2ccccc2)C1C. The van der Waals surface area contributed by atoms with Crippen LogP contribution in [0.4, 0.5) is 5.95 Å². The Labute approximate surface area is 173 Å². The summed E-state index contributed by atoms with van der Waals surface area (Å²) in [6.45, 7) is 5.92. The molecular formula is C20H22ClN5O3. The fraction of sp³-hybridized carbons (Fsp3) is 0.400. The van der Waals surface area contributed by atoms with Gasteiger partial charge in [-0.3, -0.25) is 4.57 Å². The fourth-order valence-electron chi connectivity index (χ4n) is 3.85. The van der Waals surface area contributed by atoms with Crippen molar-refractivity contribution in [2.45, 2.75) is 45.1 Å². The van der Waals surface area contributed by atoms with Crippen LogP contribution in [-0.4, -0.2) is 37.2 Å². The molecule has 2 aromatic heterocycles. The molecule has 1 fully saturated rings. The normalized spacial score (nSPS) is 26.7. The number of esters is 1. The minimum atomic E-state index is -0.965. The quantitative estimate of drug-likeness (QED) is 0.512. The number of benzene rings is 1. The summed E-state index contributed by atoms with van der Waals surface area (Å²) in [5, 5.41) is 0.160. The Kier molecular flexibility index (Phi) is 4.92. The molecule has 3 aromatic rings. The molecule has 1 aromatic carbocycles. The summed E-state index contributed by atoms with van der Waals surface area (Å²) in [5.41, 5.74) is 6.13. The van der Waals surface area contributed by atoms with E-state index >= 15 is 0 Å². The summed E-state index contributed by atoms with van der Waals surface area (Å²) in [7, 11) is 0. The van der Waals surface area contributed by atoms with Crippen LogP contribution >= 0.6 is 11.6 Å². The topological polar surface area (TPSA) is 105 Å². The van der Waals surface area contributed by atoms with Crippen LogP contribution in [-0.2, 0) is 9.47 Å². The number of nitrogens with zero attached hydrogens (tertiary/aromatic N) is 4. The Balaban J connectivity index is 1.78. The van der Waals surface area contributed by atoms with Crippen molar-refractivity contribution in [2.75, 3.05) is 5.73 Å². The van der Waals surface area contributed by atoms with Gasteiger partial charge in [0.05, 0.1) is 18.0 Å². The number of carbonyl (C=O) groups is 1. The number of fused-ring (bicyclic) bond motifs is 1. The van der Waals surface area contributed by atoms with Gasteiger partial charge in [0, 0.05) is 5.92 Å². The lowest BCUT2D eigenvalue weighted by molar-refractivity contribution is -0.0947. The number of nitrogen functional groups attached to an aromatic ring is 1. The van der Waals surface area contributed by atoms with Gasteiger partial charge in [0.2, 0.25) is 5.95 Å². The maximum Gasteiger partial charge on any atom is 0.338 e. The molecule has 0 amide bonds.